The molecular weight excluding hydrogens is 199 g/mol. The van der Waals surface area contributed by atoms with E-state index in [2.05, 4.69) is 5.32 Å². The zero-order valence-electron chi connectivity index (χ0n) is 8.47. The van der Waals surface area contributed by atoms with E-state index >= 15 is 0 Å². The van der Waals surface area contributed by atoms with E-state index in [1.807, 2.05) is 14.1 Å². The number of anilines is 1. The quantitative estimate of drug-likeness (QED) is 0.720. The van der Waals surface area contributed by atoms with Gasteiger partial charge in [-0.25, -0.2) is 4.39 Å². The monoisotopic (exact) mass is 212 g/mol. The molecule has 4 heteroatoms. The van der Waals surface area contributed by atoms with Crippen molar-refractivity contribution in [3.63, 3.8) is 0 Å². The van der Waals surface area contributed by atoms with Crippen LogP contribution in [0.25, 0.3) is 0 Å². The van der Waals surface area contributed by atoms with Gasteiger partial charge < -0.3 is 10.2 Å². The highest BCUT2D eigenvalue weighted by Crippen LogP contribution is 2.13. The number of rotatable bonds is 1. The summed E-state index contributed by atoms with van der Waals surface area (Å²) in [5.41, 5.74) is 1.42. The van der Waals surface area contributed by atoms with Gasteiger partial charge in [0.05, 0.1) is 0 Å². The number of halogens is 1. The van der Waals surface area contributed by atoms with E-state index in [0.717, 1.165) is 5.69 Å². The number of nitrogens with one attached hydrogen (secondary N) is 1. The number of nitrogens with zero attached hydrogens (tertiary/aromatic N) is 1. The van der Waals surface area contributed by atoms with Crippen molar-refractivity contribution in [3.8, 4) is 0 Å². The molecule has 76 valence electrons. The first-order valence-electron chi connectivity index (χ1n) is 4.25. The lowest BCUT2D eigenvalue weighted by Crippen LogP contribution is -2.27. The number of hydrogen-bond acceptors (Lipinski definition) is 1. The van der Waals surface area contributed by atoms with Gasteiger partial charge in [-0.2, -0.15) is 0 Å². The molecule has 0 aromatic heterocycles. The standard InChI is InChI=1S/C10H13FN2S/c1-7-6-8(4-5-9(7)11)12-10(14)13(2)3/h4-6H,1-3H3,(H,12,14). The van der Waals surface area contributed by atoms with Crippen molar-refractivity contribution in [1.29, 1.82) is 0 Å². The molecule has 0 fully saturated rings. The first-order chi connectivity index (χ1) is 6.50. The van der Waals surface area contributed by atoms with Gasteiger partial charge in [-0.05, 0) is 42.9 Å². The molecule has 1 aromatic carbocycles. The van der Waals surface area contributed by atoms with Gasteiger partial charge in [-0.15, -0.1) is 0 Å². The first-order valence-corrected chi connectivity index (χ1v) is 4.66. The zero-order valence-corrected chi connectivity index (χ0v) is 9.28. The maximum atomic E-state index is 12.9. The molecule has 1 N–H and O–H groups in total. The molecular formula is C10H13FN2S. The van der Waals surface area contributed by atoms with Crippen LogP contribution in [0, 0.1) is 12.7 Å². The molecule has 0 aliphatic carbocycles. The lowest BCUT2D eigenvalue weighted by molar-refractivity contribution is 0.618. The van der Waals surface area contributed by atoms with Gasteiger partial charge in [0.2, 0.25) is 0 Å². The molecule has 0 aliphatic rings. The Hall–Kier alpha value is -1.16. The van der Waals surface area contributed by atoms with Crippen LogP contribution in [0.3, 0.4) is 0 Å². The predicted octanol–water partition coefficient (Wildman–Crippen LogP) is 2.39. The molecule has 0 bridgehead atoms. The Morgan fingerprint density at radius 2 is 2.07 bits per heavy atom. The van der Waals surface area contributed by atoms with Crippen molar-refractivity contribution >= 4 is 23.0 Å². The predicted molar refractivity (Wildman–Crippen MR) is 61.0 cm³/mol. The molecule has 0 spiro atoms. The molecule has 0 saturated carbocycles. The molecule has 0 aliphatic heterocycles. The summed E-state index contributed by atoms with van der Waals surface area (Å²) >= 11 is 5.06. The van der Waals surface area contributed by atoms with Crippen LogP contribution in [0.15, 0.2) is 18.2 Å². The van der Waals surface area contributed by atoms with Gasteiger partial charge in [0.1, 0.15) is 5.82 Å². The lowest BCUT2D eigenvalue weighted by atomic mass is 10.2. The average Bonchev–Trinajstić information content (AvgIpc) is 2.11. The number of hydrogen-bond donors (Lipinski definition) is 1. The van der Waals surface area contributed by atoms with Crippen molar-refractivity contribution in [3.05, 3.63) is 29.6 Å². The van der Waals surface area contributed by atoms with E-state index in [1.54, 1.807) is 24.0 Å². The molecule has 1 rings (SSSR count). The third-order valence-corrected chi connectivity index (χ3v) is 2.28. The normalized spacial score (nSPS) is 9.71. The van der Waals surface area contributed by atoms with E-state index in [0.29, 0.717) is 10.7 Å². The molecule has 0 saturated heterocycles. The fourth-order valence-electron chi connectivity index (χ4n) is 0.958. The maximum absolute atomic E-state index is 12.9. The second-order valence-corrected chi connectivity index (χ2v) is 3.68. The maximum Gasteiger partial charge on any atom is 0.172 e. The van der Waals surface area contributed by atoms with E-state index in [1.165, 1.54) is 6.07 Å². The average molecular weight is 212 g/mol. The van der Waals surface area contributed by atoms with Crippen molar-refractivity contribution in [2.75, 3.05) is 19.4 Å². The summed E-state index contributed by atoms with van der Waals surface area (Å²) < 4.78 is 12.9. The molecule has 0 unspecified atom stereocenters. The Morgan fingerprint density at radius 3 is 2.57 bits per heavy atom. The van der Waals surface area contributed by atoms with Crippen LogP contribution < -0.4 is 5.32 Å². The Balaban J connectivity index is 2.78. The molecule has 1 aromatic rings. The van der Waals surface area contributed by atoms with Crippen molar-refractivity contribution in [1.82, 2.24) is 4.90 Å². The molecule has 0 atom stereocenters. The minimum atomic E-state index is -0.202. The first kappa shape index (κ1) is 10.9. The minimum absolute atomic E-state index is 0.202. The third kappa shape index (κ3) is 2.67. The Morgan fingerprint density at radius 1 is 1.43 bits per heavy atom. The summed E-state index contributed by atoms with van der Waals surface area (Å²) in [5.74, 6) is -0.202. The molecule has 2 nitrogen and oxygen atoms in total. The van der Waals surface area contributed by atoms with Crippen LogP contribution >= 0.6 is 12.2 Å². The highest BCUT2D eigenvalue weighted by Gasteiger charge is 2.01. The summed E-state index contributed by atoms with van der Waals surface area (Å²) in [6.45, 7) is 1.72. The van der Waals surface area contributed by atoms with Crippen molar-refractivity contribution in [2.45, 2.75) is 6.92 Å². The number of benzene rings is 1. The summed E-state index contributed by atoms with van der Waals surface area (Å²) in [7, 11) is 3.71. The second-order valence-electron chi connectivity index (χ2n) is 3.29. The van der Waals surface area contributed by atoms with Crippen LogP contribution in [-0.4, -0.2) is 24.1 Å². The molecule has 0 amide bonds. The van der Waals surface area contributed by atoms with Gasteiger partial charge in [0, 0.05) is 19.8 Å². The highest BCUT2D eigenvalue weighted by molar-refractivity contribution is 7.80. The summed E-state index contributed by atoms with van der Waals surface area (Å²) in [4.78, 5) is 1.79. The van der Waals surface area contributed by atoms with E-state index in [4.69, 9.17) is 12.2 Å². The molecule has 14 heavy (non-hydrogen) atoms. The van der Waals surface area contributed by atoms with Crippen LogP contribution in [0.2, 0.25) is 0 Å². The van der Waals surface area contributed by atoms with Crippen LogP contribution in [0.5, 0.6) is 0 Å². The SMILES string of the molecule is Cc1cc(NC(=S)N(C)C)ccc1F. The Bertz CT molecular complexity index is 350. The van der Waals surface area contributed by atoms with Gasteiger partial charge >= 0.3 is 0 Å². The summed E-state index contributed by atoms with van der Waals surface area (Å²) in [6.07, 6.45) is 0. The smallest absolute Gasteiger partial charge is 0.172 e. The largest absolute Gasteiger partial charge is 0.355 e. The van der Waals surface area contributed by atoms with Gasteiger partial charge in [-0.3, -0.25) is 0 Å². The number of thiocarbonyl (C=S) groups is 1. The van der Waals surface area contributed by atoms with Crippen LogP contribution in [-0.2, 0) is 0 Å². The fraction of sp³-hybridized carbons (Fsp3) is 0.300. The topological polar surface area (TPSA) is 15.3 Å². The van der Waals surface area contributed by atoms with Crippen molar-refractivity contribution in [2.24, 2.45) is 0 Å². The fourth-order valence-corrected chi connectivity index (χ4v) is 1.08. The molecule has 0 heterocycles. The van der Waals surface area contributed by atoms with Gasteiger partial charge in [0.25, 0.3) is 0 Å². The van der Waals surface area contributed by atoms with E-state index < -0.39 is 0 Å². The summed E-state index contributed by atoms with van der Waals surface area (Å²) in [5, 5.41) is 3.61. The second kappa shape index (κ2) is 4.37. The third-order valence-electron chi connectivity index (χ3n) is 1.82. The molecule has 0 radical (unpaired) electrons. The van der Waals surface area contributed by atoms with Crippen LogP contribution in [0.4, 0.5) is 10.1 Å². The highest BCUT2D eigenvalue weighted by atomic mass is 32.1. The Labute approximate surface area is 88.7 Å². The van der Waals surface area contributed by atoms with Gasteiger partial charge in [-0.1, -0.05) is 0 Å². The summed E-state index contributed by atoms with van der Waals surface area (Å²) in [6, 6.07) is 4.82. The van der Waals surface area contributed by atoms with Gasteiger partial charge in [0.15, 0.2) is 5.11 Å². The van der Waals surface area contributed by atoms with E-state index in [9.17, 15) is 4.39 Å². The van der Waals surface area contributed by atoms with Crippen molar-refractivity contribution < 1.29 is 4.39 Å². The minimum Gasteiger partial charge on any atom is -0.355 e. The Kier molecular flexibility index (Phi) is 3.41. The lowest BCUT2D eigenvalue weighted by Gasteiger charge is -2.15. The van der Waals surface area contributed by atoms with Crippen LogP contribution in [0.1, 0.15) is 5.56 Å². The van der Waals surface area contributed by atoms with E-state index in [-0.39, 0.29) is 5.82 Å². The zero-order chi connectivity index (χ0) is 10.7. The number of aryl methyl sites for hydroxylation is 1.